The molecular weight excluding hydrogens is 333 g/mol. The fraction of sp³-hybridized carbons (Fsp3) is 0.333. The van der Waals surface area contributed by atoms with Crippen LogP contribution in [0.3, 0.4) is 0 Å². The Morgan fingerprint density at radius 2 is 1.82 bits per heavy atom. The van der Waals surface area contributed by atoms with Gasteiger partial charge >= 0.3 is 5.97 Å². The molecule has 17 heavy (non-hydrogen) atoms. The molecule has 0 atom stereocenters. The van der Waals surface area contributed by atoms with Crippen molar-refractivity contribution in [3.63, 3.8) is 0 Å². The molecule has 2 rings (SSSR count). The zero-order valence-electron chi connectivity index (χ0n) is 9.07. The fourth-order valence-electron chi connectivity index (χ4n) is 1.81. The van der Waals surface area contributed by atoms with Gasteiger partial charge in [-0.05, 0) is 66.1 Å². The van der Waals surface area contributed by atoms with Gasteiger partial charge < -0.3 is 10.4 Å². The monoisotopic (exact) mass is 345 g/mol. The van der Waals surface area contributed by atoms with E-state index in [-0.39, 0.29) is 5.91 Å². The fourth-order valence-corrected chi connectivity index (χ4v) is 2.17. The second kappa shape index (κ2) is 4.64. The molecule has 0 heterocycles. The zero-order chi connectivity index (χ0) is 12.5. The van der Waals surface area contributed by atoms with Crippen LogP contribution in [0, 0.1) is 3.57 Å². The predicted molar refractivity (Wildman–Crippen MR) is 70.8 cm³/mol. The normalized spacial score (nSPS) is 17.0. The van der Waals surface area contributed by atoms with E-state index in [4.69, 9.17) is 5.11 Å². The Labute approximate surface area is 113 Å². The van der Waals surface area contributed by atoms with Crippen LogP contribution in [0.1, 0.15) is 29.6 Å². The lowest BCUT2D eigenvalue weighted by Gasteiger charge is -2.38. The van der Waals surface area contributed by atoms with E-state index in [0.717, 1.165) is 9.99 Å². The molecule has 0 aromatic heterocycles. The largest absolute Gasteiger partial charge is 0.480 e. The first kappa shape index (κ1) is 12.3. The first-order valence-corrected chi connectivity index (χ1v) is 6.43. The summed E-state index contributed by atoms with van der Waals surface area (Å²) in [5, 5.41) is 11.7. The van der Waals surface area contributed by atoms with Crippen molar-refractivity contribution in [1.29, 1.82) is 0 Å². The third kappa shape index (κ3) is 2.43. The molecule has 0 unspecified atom stereocenters. The quantitative estimate of drug-likeness (QED) is 0.824. The maximum atomic E-state index is 11.9. The van der Waals surface area contributed by atoms with Gasteiger partial charge in [0, 0.05) is 9.13 Å². The van der Waals surface area contributed by atoms with E-state index < -0.39 is 11.5 Å². The Morgan fingerprint density at radius 1 is 1.24 bits per heavy atom. The number of carboxylic acid groups (broad SMARTS) is 1. The van der Waals surface area contributed by atoms with E-state index in [1.807, 2.05) is 12.1 Å². The minimum atomic E-state index is -1.04. The summed E-state index contributed by atoms with van der Waals surface area (Å²) in [5.74, 6) is -1.26. The van der Waals surface area contributed by atoms with Gasteiger partial charge in [-0.15, -0.1) is 0 Å². The third-order valence-corrected chi connectivity index (χ3v) is 3.79. The lowest BCUT2D eigenvalue weighted by molar-refractivity contribution is -0.148. The second-order valence-corrected chi connectivity index (χ2v) is 5.45. The van der Waals surface area contributed by atoms with Crippen LogP contribution < -0.4 is 5.32 Å². The molecule has 1 saturated carbocycles. The Kier molecular flexibility index (Phi) is 3.37. The molecule has 1 aromatic carbocycles. The zero-order valence-corrected chi connectivity index (χ0v) is 11.2. The van der Waals surface area contributed by atoms with Crippen molar-refractivity contribution in [2.75, 3.05) is 0 Å². The van der Waals surface area contributed by atoms with E-state index >= 15 is 0 Å². The summed E-state index contributed by atoms with van der Waals surface area (Å²) < 4.78 is 1.04. The summed E-state index contributed by atoms with van der Waals surface area (Å²) in [6.07, 6.45) is 1.87. The Balaban J connectivity index is 2.11. The van der Waals surface area contributed by atoms with Crippen molar-refractivity contribution in [3.05, 3.63) is 33.4 Å². The number of carbonyl (C=O) groups excluding carboxylic acids is 1. The van der Waals surface area contributed by atoms with Crippen molar-refractivity contribution in [3.8, 4) is 0 Å². The summed E-state index contributed by atoms with van der Waals surface area (Å²) in [6.45, 7) is 0. The number of aliphatic carboxylic acids is 1. The SMILES string of the molecule is O=C(NC1(C(=O)O)CCC1)c1ccc(I)cc1. The number of rotatable bonds is 3. The first-order chi connectivity index (χ1) is 8.03. The number of carbonyl (C=O) groups is 2. The van der Waals surface area contributed by atoms with Crippen molar-refractivity contribution < 1.29 is 14.7 Å². The molecule has 1 fully saturated rings. The standard InChI is InChI=1S/C12H12INO3/c13-9-4-2-8(3-5-9)10(15)14-12(11(16)17)6-1-7-12/h2-5H,1,6-7H2,(H,14,15)(H,16,17). The van der Waals surface area contributed by atoms with Gasteiger partial charge in [0.25, 0.3) is 5.91 Å². The van der Waals surface area contributed by atoms with Gasteiger partial charge in [-0.1, -0.05) is 0 Å². The molecule has 1 amide bonds. The van der Waals surface area contributed by atoms with Gasteiger partial charge in [0.15, 0.2) is 0 Å². The highest BCUT2D eigenvalue weighted by Gasteiger charge is 2.45. The molecule has 4 nitrogen and oxygen atoms in total. The van der Waals surface area contributed by atoms with E-state index in [1.165, 1.54) is 0 Å². The average Bonchev–Trinajstić information content (AvgIpc) is 2.23. The van der Waals surface area contributed by atoms with Gasteiger partial charge in [0.05, 0.1) is 0 Å². The third-order valence-electron chi connectivity index (χ3n) is 3.08. The van der Waals surface area contributed by atoms with Crippen LogP contribution in [-0.4, -0.2) is 22.5 Å². The highest BCUT2D eigenvalue weighted by molar-refractivity contribution is 14.1. The molecule has 0 aliphatic heterocycles. The lowest BCUT2D eigenvalue weighted by atomic mass is 9.76. The predicted octanol–water partition coefficient (Wildman–Crippen LogP) is 2.03. The van der Waals surface area contributed by atoms with Gasteiger partial charge in [0.1, 0.15) is 5.54 Å². The number of hydrogen-bond acceptors (Lipinski definition) is 2. The lowest BCUT2D eigenvalue weighted by Crippen LogP contribution is -2.59. The van der Waals surface area contributed by atoms with Gasteiger partial charge in [-0.2, -0.15) is 0 Å². The van der Waals surface area contributed by atoms with Gasteiger partial charge in [-0.3, -0.25) is 4.79 Å². The summed E-state index contributed by atoms with van der Waals surface area (Å²) >= 11 is 2.15. The van der Waals surface area contributed by atoms with E-state index in [1.54, 1.807) is 12.1 Å². The molecular formula is C12H12INO3. The van der Waals surface area contributed by atoms with Gasteiger partial charge in [0.2, 0.25) is 0 Å². The molecule has 1 aliphatic carbocycles. The molecule has 0 saturated heterocycles. The molecule has 1 aliphatic rings. The van der Waals surface area contributed by atoms with Crippen LogP contribution in [0.4, 0.5) is 0 Å². The number of carboxylic acids is 1. The Hall–Kier alpha value is -1.11. The number of halogens is 1. The molecule has 0 spiro atoms. The van der Waals surface area contributed by atoms with Crippen LogP contribution in [0.15, 0.2) is 24.3 Å². The van der Waals surface area contributed by atoms with Crippen LogP contribution in [0.5, 0.6) is 0 Å². The molecule has 0 radical (unpaired) electrons. The summed E-state index contributed by atoms with van der Waals surface area (Å²) in [4.78, 5) is 23.0. The van der Waals surface area contributed by atoms with Crippen molar-refractivity contribution in [2.45, 2.75) is 24.8 Å². The Bertz CT molecular complexity index is 451. The topological polar surface area (TPSA) is 66.4 Å². The summed E-state index contributed by atoms with van der Waals surface area (Å²) in [5.41, 5.74) is -0.543. The average molecular weight is 345 g/mol. The summed E-state index contributed by atoms with van der Waals surface area (Å²) in [6, 6.07) is 7.05. The van der Waals surface area contributed by atoms with E-state index in [2.05, 4.69) is 27.9 Å². The highest BCUT2D eigenvalue weighted by atomic mass is 127. The van der Waals surface area contributed by atoms with E-state index in [0.29, 0.717) is 18.4 Å². The Morgan fingerprint density at radius 3 is 2.24 bits per heavy atom. The minimum Gasteiger partial charge on any atom is -0.480 e. The maximum absolute atomic E-state index is 11.9. The molecule has 1 aromatic rings. The molecule has 90 valence electrons. The van der Waals surface area contributed by atoms with Crippen LogP contribution in [0.2, 0.25) is 0 Å². The number of hydrogen-bond donors (Lipinski definition) is 2. The van der Waals surface area contributed by atoms with Crippen LogP contribution >= 0.6 is 22.6 Å². The number of benzene rings is 1. The summed E-state index contributed by atoms with van der Waals surface area (Å²) in [7, 11) is 0. The van der Waals surface area contributed by atoms with Crippen molar-refractivity contribution >= 4 is 34.5 Å². The first-order valence-electron chi connectivity index (χ1n) is 5.35. The smallest absolute Gasteiger partial charge is 0.329 e. The van der Waals surface area contributed by atoms with Crippen LogP contribution in [-0.2, 0) is 4.79 Å². The molecule has 2 N–H and O–H groups in total. The number of amides is 1. The maximum Gasteiger partial charge on any atom is 0.329 e. The second-order valence-electron chi connectivity index (χ2n) is 4.20. The van der Waals surface area contributed by atoms with E-state index in [9.17, 15) is 9.59 Å². The number of nitrogens with one attached hydrogen (secondary N) is 1. The molecule has 5 heteroatoms. The van der Waals surface area contributed by atoms with Crippen molar-refractivity contribution in [1.82, 2.24) is 5.32 Å². The van der Waals surface area contributed by atoms with Crippen molar-refractivity contribution in [2.24, 2.45) is 0 Å². The minimum absolute atomic E-state index is 0.316. The van der Waals surface area contributed by atoms with Crippen LogP contribution in [0.25, 0.3) is 0 Å². The molecule has 0 bridgehead atoms. The van der Waals surface area contributed by atoms with Gasteiger partial charge in [-0.25, -0.2) is 4.79 Å². The highest BCUT2D eigenvalue weighted by Crippen LogP contribution is 2.32.